The molecule has 0 bridgehead atoms. The zero-order valence-corrected chi connectivity index (χ0v) is 9.83. The second kappa shape index (κ2) is 5.89. The molecule has 0 aliphatic heterocycles. The van der Waals surface area contributed by atoms with E-state index in [1.54, 1.807) is 0 Å². The third-order valence-corrected chi connectivity index (χ3v) is 2.22. The van der Waals surface area contributed by atoms with Gasteiger partial charge in [-0.1, -0.05) is 5.16 Å². The first-order valence-electron chi connectivity index (χ1n) is 4.98. The second-order valence-electron chi connectivity index (χ2n) is 3.58. The van der Waals surface area contributed by atoms with E-state index in [1.807, 2.05) is 0 Å². The lowest BCUT2D eigenvalue weighted by atomic mass is 10.2. The molecule has 0 aliphatic carbocycles. The van der Waals surface area contributed by atoms with Crippen LogP contribution < -0.4 is 10.6 Å². The first-order chi connectivity index (χ1) is 8.86. The largest absolute Gasteiger partial charge is 0.409 e. The molecule has 0 unspecified atom stereocenters. The number of aromatic nitrogens is 1. The average molecular weight is 275 g/mol. The number of rotatable bonds is 5. The van der Waals surface area contributed by atoms with E-state index in [2.05, 4.69) is 10.1 Å². The van der Waals surface area contributed by atoms with Crippen LogP contribution >= 0.6 is 0 Å². The van der Waals surface area contributed by atoms with Gasteiger partial charge in [-0.2, -0.15) is 0 Å². The van der Waals surface area contributed by atoms with Crippen molar-refractivity contribution in [2.45, 2.75) is 6.43 Å². The van der Waals surface area contributed by atoms with E-state index in [0.717, 1.165) is 17.2 Å². The minimum Gasteiger partial charge on any atom is -0.409 e. The van der Waals surface area contributed by atoms with Gasteiger partial charge in [-0.15, -0.1) is 0 Å². The van der Waals surface area contributed by atoms with Gasteiger partial charge in [0.05, 0.1) is 17.0 Å². The van der Waals surface area contributed by atoms with E-state index in [1.165, 1.54) is 7.05 Å². The van der Waals surface area contributed by atoms with Gasteiger partial charge in [0.1, 0.15) is 12.0 Å². The molecule has 0 aliphatic rings. The first-order valence-corrected chi connectivity index (χ1v) is 4.98. The summed E-state index contributed by atoms with van der Waals surface area (Å²) in [4.78, 5) is 14.6. The average Bonchev–Trinajstić information content (AvgIpc) is 2.36. The van der Waals surface area contributed by atoms with Crippen molar-refractivity contribution >= 4 is 17.3 Å². The van der Waals surface area contributed by atoms with Crippen LogP contribution in [-0.4, -0.2) is 41.0 Å². The number of hydrogen-bond acceptors (Lipinski definition) is 6. The Kier molecular flexibility index (Phi) is 4.51. The highest BCUT2D eigenvalue weighted by Crippen LogP contribution is 2.22. The van der Waals surface area contributed by atoms with Crippen molar-refractivity contribution in [3.05, 3.63) is 27.9 Å². The number of alkyl halides is 2. The quantitative estimate of drug-likeness (QED) is 0.269. The highest BCUT2D eigenvalue weighted by atomic mass is 19.3. The van der Waals surface area contributed by atoms with E-state index in [-0.39, 0.29) is 11.4 Å². The molecule has 0 saturated carbocycles. The number of anilines is 1. The van der Waals surface area contributed by atoms with Crippen molar-refractivity contribution in [3.8, 4) is 0 Å². The minimum atomic E-state index is -2.62. The molecule has 10 heteroatoms. The van der Waals surface area contributed by atoms with Gasteiger partial charge in [-0.3, -0.25) is 10.1 Å². The van der Waals surface area contributed by atoms with Crippen molar-refractivity contribution in [2.24, 2.45) is 10.9 Å². The molecule has 0 saturated heterocycles. The third kappa shape index (κ3) is 3.47. The fraction of sp³-hybridized carbons (Fsp3) is 0.333. The molecular weight excluding hydrogens is 264 g/mol. The van der Waals surface area contributed by atoms with Crippen molar-refractivity contribution in [1.29, 1.82) is 0 Å². The Balaban J connectivity index is 3.27. The Bertz CT molecular complexity index is 509. The maximum atomic E-state index is 12.3. The van der Waals surface area contributed by atoms with Gasteiger partial charge < -0.3 is 15.8 Å². The molecule has 104 valence electrons. The molecule has 0 aromatic carbocycles. The summed E-state index contributed by atoms with van der Waals surface area (Å²) in [5, 5.41) is 21.9. The van der Waals surface area contributed by atoms with E-state index in [0.29, 0.717) is 0 Å². The summed E-state index contributed by atoms with van der Waals surface area (Å²) in [5.41, 5.74) is 4.87. The van der Waals surface area contributed by atoms with Gasteiger partial charge in [0, 0.05) is 13.1 Å². The van der Waals surface area contributed by atoms with Crippen molar-refractivity contribution in [1.82, 2.24) is 4.98 Å². The molecule has 1 rings (SSSR count). The standard InChI is InChI=1S/C9H11F2N5O3/c1-15(4-7(10)11)9-6(8(12)14-17)2-5(3-13-9)16(18)19/h2-3,7,17H,4H2,1H3,(H2,12,14). The summed E-state index contributed by atoms with van der Waals surface area (Å²) in [6.45, 7) is -0.642. The number of nitrogens with zero attached hydrogens (tertiary/aromatic N) is 4. The minimum absolute atomic E-state index is 0.0406. The third-order valence-electron chi connectivity index (χ3n) is 2.22. The van der Waals surface area contributed by atoms with Gasteiger partial charge >= 0.3 is 0 Å². The van der Waals surface area contributed by atoms with Gasteiger partial charge in [0.15, 0.2) is 5.84 Å². The highest BCUT2D eigenvalue weighted by Gasteiger charge is 2.19. The van der Waals surface area contributed by atoms with E-state index in [4.69, 9.17) is 10.9 Å². The van der Waals surface area contributed by atoms with Crippen molar-refractivity contribution in [3.63, 3.8) is 0 Å². The predicted molar refractivity (Wildman–Crippen MR) is 62.7 cm³/mol. The molecule has 0 radical (unpaired) electrons. The fourth-order valence-corrected chi connectivity index (χ4v) is 1.39. The van der Waals surface area contributed by atoms with Crippen LogP contribution in [0.5, 0.6) is 0 Å². The van der Waals surface area contributed by atoms with Gasteiger partial charge in [0.2, 0.25) is 0 Å². The monoisotopic (exact) mass is 275 g/mol. The molecule has 1 aromatic heterocycles. The van der Waals surface area contributed by atoms with Crippen LogP contribution in [0.4, 0.5) is 20.3 Å². The zero-order valence-electron chi connectivity index (χ0n) is 9.83. The Hall–Kier alpha value is -2.52. The van der Waals surface area contributed by atoms with Crippen molar-refractivity contribution < 1.29 is 18.9 Å². The summed E-state index contributed by atoms with van der Waals surface area (Å²) in [6.07, 6.45) is -1.71. The maximum absolute atomic E-state index is 12.3. The molecule has 19 heavy (non-hydrogen) atoms. The summed E-state index contributed by atoms with van der Waals surface area (Å²) in [6, 6.07) is 0.999. The molecule has 0 atom stereocenters. The lowest BCUT2D eigenvalue weighted by Gasteiger charge is -2.19. The summed E-state index contributed by atoms with van der Waals surface area (Å²) in [7, 11) is 1.31. The van der Waals surface area contributed by atoms with E-state index >= 15 is 0 Å². The van der Waals surface area contributed by atoms with E-state index in [9.17, 15) is 18.9 Å². The lowest BCUT2D eigenvalue weighted by Crippen LogP contribution is -2.28. The smallest absolute Gasteiger partial charge is 0.288 e. The van der Waals surface area contributed by atoms with Crippen LogP contribution in [-0.2, 0) is 0 Å². The van der Waals surface area contributed by atoms with Gasteiger partial charge in [-0.25, -0.2) is 13.8 Å². The first kappa shape index (κ1) is 14.5. The van der Waals surface area contributed by atoms with Crippen molar-refractivity contribution in [2.75, 3.05) is 18.5 Å². The molecule has 3 N–H and O–H groups in total. The molecular formula is C9H11F2N5O3. The normalized spacial score (nSPS) is 11.7. The summed E-state index contributed by atoms with van der Waals surface area (Å²) < 4.78 is 24.6. The Morgan fingerprint density at radius 1 is 1.74 bits per heavy atom. The van der Waals surface area contributed by atoms with Crippen LogP contribution in [0.1, 0.15) is 5.56 Å². The van der Waals surface area contributed by atoms with Crippen LogP contribution in [0.3, 0.4) is 0 Å². The Labute approximate surface area is 106 Å². The Morgan fingerprint density at radius 2 is 2.37 bits per heavy atom. The molecule has 1 aromatic rings. The maximum Gasteiger partial charge on any atom is 0.288 e. The number of pyridine rings is 1. The van der Waals surface area contributed by atoms with Crippen LogP contribution in [0, 0.1) is 10.1 Å². The lowest BCUT2D eigenvalue weighted by molar-refractivity contribution is -0.385. The second-order valence-corrected chi connectivity index (χ2v) is 3.58. The molecule has 8 nitrogen and oxygen atoms in total. The summed E-state index contributed by atoms with van der Waals surface area (Å²) >= 11 is 0. The summed E-state index contributed by atoms with van der Waals surface area (Å²) in [5.74, 6) is -0.492. The number of nitrogens with two attached hydrogens (primary N) is 1. The van der Waals surface area contributed by atoms with Gasteiger partial charge in [-0.05, 0) is 0 Å². The predicted octanol–water partition coefficient (Wildman–Crippen LogP) is 0.786. The van der Waals surface area contributed by atoms with Gasteiger partial charge in [0.25, 0.3) is 12.1 Å². The van der Waals surface area contributed by atoms with Crippen LogP contribution in [0.25, 0.3) is 0 Å². The molecule has 1 heterocycles. The molecule has 0 spiro atoms. The zero-order chi connectivity index (χ0) is 14.6. The Morgan fingerprint density at radius 3 is 2.84 bits per heavy atom. The number of oxime groups is 1. The molecule has 0 amide bonds. The molecule has 0 fully saturated rings. The topological polar surface area (TPSA) is 118 Å². The number of amidine groups is 1. The number of nitro groups is 1. The fourth-order valence-electron chi connectivity index (χ4n) is 1.39. The number of hydrogen-bond donors (Lipinski definition) is 2. The van der Waals surface area contributed by atoms with Crippen LogP contribution in [0.15, 0.2) is 17.4 Å². The SMILES string of the molecule is CN(CC(F)F)c1ncc([N+](=O)[O-])cc1C(N)=NO. The van der Waals surface area contributed by atoms with E-state index < -0.39 is 29.4 Å². The number of halogens is 2. The van der Waals surface area contributed by atoms with Crippen LogP contribution in [0.2, 0.25) is 0 Å². The highest BCUT2D eigenvalue weighted by molar-refractivity contribution is 6.01.